The fourth-order valence-corrected chi connectivity index (χ4v) is 9.07. The van der Waals surface area contributed by atoms with Gasteiger partial charge in [0.15, 0.2) is 6.10 Å². The number of esters is 2. The highest BCUT2D eigenvalue weighted by molar-refractivity contribution is 5.70. The third-order valence-corrected chi connectivity index (χ3v) is 13.6. The molecule has 0 amide bonds. The highest BCUT2D eigenvalue weighted by Crippen LogP contribution is 2.17. The minimum Gasteiger partial charge on any atom is -0.462 e. The van der Waals surface area contributed by atoms with Gasteiger partial charge in [0, 0.05) is 19.4 Å². The lowest BCUT2D eigenvalue weighted by Crippen LogP contribution is -2.30. The third kappa shape index (κ3) is 56.7. The van der Waals surface area contributed by atoms with E-state index in [1.807, 2.05) is 0 Å². The highest BCUT2D eigenvalue weighted by atomic mass is 16.6. The van der Waals surface area contributed by atoms with Crippen molar-refractivity contribution in [2.45, 2.75) is 335 Å². The molecule has 0 saturated heterocycles. The van der Waals surface area contributed by atoms with Gasteiger partial charge < -0.3 is 14.2 Å². The van der Waals surface area contributed by atoms with Crippen LogP contribution < -0.4 is 0 Å². The van der Waals surface area contributed by atoms with Gasteiger partial charge in [0.25, 0.3) is 0 Å². The van der Waals surface area contributed by atoms with Crippen molar-refractivity contribution in [3.63, 3.8) is 0 Å². The number of rotatable bonds is 57. The predicted molar refractivity (Wildman–Crippen MR) is 298 cm³/mol. The van der Waals surface area contributed by atoms with Crippen LogP contribution in [-0.4, -0.2) is 37.9 Å². The van der Waals surface area contributed by atoms with E-state index in [1.54, 1.807) is 0 Å². The summed E-state index contributed by atoms with van der Waals surface area (Å²) in [7, 11) is 0. The number of hydrogen-bond donors (Lipinski definition) is 0. The van der Waals surface area contributed by atoms with E-state index in [1.165, 1.54) is 238 Å². The maximum Gasteiger partial charge on any atom is 0.306 e. The lowest BCUT2D eigenvalue weighted by atomic mass is 10.0. The van der Waals surface area contributed by atoms with Gasteiger partial charge in [0.1, 0.15) is 6.61 Å². The van der Waals surface area contributed by atoms with Crippen LogP contribution in [0.1, 0.15) is 329 Å². The molecule has 1 atom stereocenters. The van der Waals surface area contributed by atoms with Crippen LogP contribution in [0.15, 0.2) is 36.5 Å². The molecule has 5 nitrogen and oxygen atoms in total. The zero-order valence-electron chi connectivity index (χ0n) is 46.1. The lowest BCUT2D eigenvalue weighted by molar-refractivity contribution is -0.163. The largest absolute Gasteiger partial charge is 0.462 e. The zero-order valence-corrected chi connectivity index (χ0v) is 46.1. The number of allylic oxidation sites excluding steroid dienone is 6. The molecule has 0 radical (unpaired) electrons. The Hall–Kier alpha value is -1.88. The Kier molecular flexibility index (Phi) is 57.8. The van der Waals surface area contributed by atoms with Crippen molar-refractivity contribution in [3.05, 3.63) is 36.5 Å². The van der Waals surface area contributed by atoms with E-state index in [4.69, 9.17) is 14.2 Å². The monoisotopic (exact) mass is 955 g/mol. The van der Waals surface area contributed by atoms with E-state index < -0.39 is 6.10 Å². The lowest BCUT2D eigenvalue weighted by Gasteiger charge is -2.18. The number of unbranched alkanes of at least 4 members (excludes halogenated alkanes) is 40. The molecule has 0 aromatic rings. The Balaban J connectivity index is 4.23. The molecule has 0 heterocycles. The second kappa shape index (κ2) is 59.4. The third-order valence-electron chi connectivity index (χ3n) is 13.6. The Labute approximate surface area is 425 Å². The van der Waals surface area contributed by atoms with Crippen LogP contribution in [0.3, 0.4) is 0 Å². The van der Waals surface area contributed by atoms with Gasteiger partial charge in [-0.2, -0.15) is 0 Å². The molecular formula is C63H118O5. The molecule has 0 aliphatic heterocycles. The van der Waals surface area contributed by atoms with E-state index >= 15 is 0 Å². The van der Waals surface area contributed by atoms with Crippen LogP contribution >= 0.6 is 0 Å². The quantitative estimate of drug-likeness (QED) is 0.0345. The number of carbonyl (C=O) groups excluding carboxylic acids is 2. The van der Waals surface area contributed by atoms with Crippen molar-refractivity contribution in [2.75, 3.05) is 19.8 Å². The summed E-state index contributed by atoms with van der Waals surface area (Å²) in [6.07, 6.45) is 73.1. The minimum atomic E-state index is -0.540. The van der Waals surface area contributed by atoms with E-state index in [0.717, 1.165) is 57.8 Å². The van der Waals surface area contributed by atoms with Gasteiger partial charge in [-0.1, -0.05) is 276 Å². The molecule has 0 aliphatic rings. The maximum atomic E-state index is 12.9. The van der Waals surface area contributed by atoms with E-state index in [9.17, 15) is 9.59 Å². The van der Waals surface area contributed by atoms with Crippen LogP contribution in [0, 0.1) is 0 Å². The fraction of sp³-hybridized carbons (Fsp3) is 0.873. The summed E-state index contributed by atoms with van der Waals surface area (Å²) in [6, 6.07) is 0. The molecule has 0 rings (SSSR count). The summed E-state index contributed by atoms with van der Waals surface area (Å²) in [5.74, 6) is -0.389. The normalized spacial score (nSPS) is 12.3. The van der Waals surface area contributed by atoms with Gasteiger partial charge in [-0.05, 0) is 77.0 Å². The van der Waals surface area contributed by atoms with Crippen molar-refractivity contribution in [3.8, 4) is 0 Å². The molecule has 0 N–H and O–H groups in total. The average molecular weight is 956 g/mol. The Morgan fingerprint density at radius 2 is 0.618 bits per heavy atom. The fourth-order valence-electron chi connectivity index (χ4n) is 9.07. The van der Waals surface area contributed by atoms with Crippen molar-refractivity contribution in [2.24, 2.45) is 0 Å². The van der Waals surface area contributed by atoms with Crippen molar-refractivity contribution in [1.29, 1.82) is 0 Å². The topological polar surface area (TPSA) is 61.8 Å². The Morgan fingerprint density at radius 1 is 0.324 bits per heavy atom. The summed E-state index contributed by atoms with van der Waals surface area (Å²) in [5.41, 5.74) is 0. The van der Waals surface area contributed by atoms with E-state index in [2.05, 4.69) is 57.2 Å². The molecule has 0 bridgehead atoms. The van der Waals surface area contributed by atoms with Crippen LogP contribution in [0.25, 0.3) is 0 Å². The Bertz CT molecular complexity index is 1080. The maximum absolute atomic E-state index is 12.9. The van der Waals surface area contributed by atoms with Crippen LogP contribution in [-0.2, 0) is 23.8 Å². The van der Waals surface area contributed by atoms with Gasteiger partial charge in [-0.3, -0.25) is 9.59 Å². The first-order valence-electron chi connectivity index (χ1n) is 30.5. The summed E-state index contributed by atoms with van der Waals surface area (Å²) < 4.78 is 17.5. The molecule has 0 saturated carbocycles. The standard InChI is InChI=1S/C63H118O5/c1-4-7-10-13-16-19-22-25-28-30-32-33-36-38-41-44-47-50-53-56-62(64)67-60-61(68-63(65)57-54-51-48-45-42-39-35-27-24-21-18-15-12-9-6-3)59-66-58-55-52-49-46-43-40-37-34-31-29-26-23-20-17-14-11-8-5-2/h17,20,26-27,29,35,61H,4-16,18-19,21-25,28,30-34,36-60H2,1-3H3/b20-17-,29-26-,35-27-. The van der Waals surface area contributed by atoms with Gasteiger partial charge in [0.05, 0.1) is 6.61 Å². The zero-order chi connectivity index (χ0) is 49.2. The predicted octanol–water partition coefficient (Wildman–Crippen LogP) is 20.9. The van der Waals surface area contributed by atoms with E-state index in [0.29, 0.717) is 19.4 Å². The second-order valence-corrected chi connectivity index (χ2v) is 20.6. The van der Waals surface area contributed by atoms with Crippen LogP contribution in [0.4, 0.5) is 0 Å². The molecule has 0 fully saturated rings. The molecule has 0 aliphatic carbocycles. The highest BCUT2D eigenvalue weighted by Gasteiger charge is 2.17. The molecule has 0 spiro atoms. The van der Waals surface area contributed by atoms with Crippen LogP contribution in [0.2, 0.25) is 0 Å². The smallest absolute Gasteiger partial charge is 0.306 e. The molecule has 0 aromatic heterocycles. The first kappa shape index (κ1) is 66.1. The van der Waals surface area contributed by atoms with Crippen molar-refractivity contribution >= 4 is 11.9 Å². The first-order chi connectivity index (χ1) is 33.6. The molecule has 68 heavy (non-hydrogen) atoms. The summed E-state index contributed by atoms with van der Waals surface area (Å²) in [6.45, 7) is 7.85. The van der Waals surface area contributed by atoms with Crippen molar-refractivity contribution < 1.29 is 23.8 Å². The first-order valence-corrected chi connectivity index (χ1v) is 30.5. The molecule has 0 aromatic carbocycles. The summed E-state index contributed by atoms with van der Waals surface area (Å²) >= 11 is 0. The SMILES string of the molecule is CCCCC/C=C\C/C=C\CCCCCCCCCCOCC(COC(=O)CCCCCCCCCCCCCCCCCCCCC)OC(=O)CCCCCCC/C=C\CCCCCCCC. The summed E-state index contributed by atoms with van der Waals surface area (Å²) in [5, 5.41) is 0. The minimum absolute atomic E-state index is 0.0854. The van der Waals surface area contributed by atoms with Crippen LogP contribution in [0.5, 0.6) is 0 Å². The van der Waals surface area contributed by atoms with Gasteiger partial charge in [0.2, 0.25) is 0 Å². The molecule has 5 heteroatoms. The number of carbonyl (C=O) groups is 2. The van der Waals surface area contributed by atoms with Crippen molar-refractivity contribution in [1.82, 2.24) is 0 Å². The second-order valence-electron chi connectivity index (χ2n) is 20.6. The summed E-state index contributed by atoms with van der Waals surface area (Å²) in [4.78, 5) is 25.6. The van der Waals surface area contributed by atoms with Gasteiger partial charge in [-0.15, -0.1) is 0 Å². The molecule has 400 valence electrons. The molecule has 1 unspecified atom stereocenters. The van der Waals surface area contributed by atoms with Gasteiger partial charge >= 0.3 is 11.9 Å². The number of hydrogen-bond acceptors (Lipinski definition) is 5. The molecular weight excluding hydrogens is 837 g/mol. The van der Waals surface area contributed by atoms with E-state index in [-0.39, 0.29) is 25.2 Å². The average Bonchev–Trinajstić information content (AvgIpc) is 3.34. The Morgan fingerprint density at radius 3 is 1.01 bits per heavy atom. The number of ether oxygens (including phenoxy) is 3. The van der Waals surface area contributed by atoms with Gasteiger partial charge in [-0.25, -0.2) is 0 Å².